The van der Waals surface area contributed by atoms with Crippen molar-refractivity contribution in [2.75, 3.05) is 13.7 Å². The maximum absolute atomic E-state index is 6.41. The summed E-state index contributed by atoms with van der Waals surface area (Å²) in [5.41, 5.74) is 10.1. The van der Waals surface area contributed by atoms with Gasteiger partial charge >= 0.3 is 0 Å². The van der Waals surface area contributed by atoms with Gasteiger partial charge < -0.3 is 10.5 Å². The van der Waals surface area contributed by atoms with Gasteiger partial charge in [-0.2, -0.15) is 10.2 Å². The Morgan fingerprint density at radius 3 is 2.70 bits per heavy atom. The van der Waals surface area contributed by atoms with Gasteiger partial charge in [-0.3, -0.25) is 9.36 Å². The van der Waals surface area contributed by atoms with E-state index in [0.29, 0.717) is 18.2 Å². The first kappa shape index (κ1) is 15.0. The minimum Gasteiger partial charge on any atom is -0.383 e. The summed E-state index contributed by atoms with van der Waals surface area (Å²) in [5.74, 6) is 0. The number of nitrogens with two attached hydrogens (primary N) is 1. The standard InChI is InChI=1S/C13H20ClN5O/c1-8-11(9(2)18(3)17-8)12(15)13-10(14)7-16-19(13)5-6-20-4/h7,12H,5-6,15H2,1-4H3. The van der Waals surface area contributed by atoms with Crippen molar-refractivity contribution < 1.29 is 4.74 Å². The Morgan fingerprint density at radius 1 is 1.45 bits per heavy atom. The molecule has 0 amide bonds. The number of ether oxygens (including phenoxy) is 1. The molecule has 0 bridgehead atoms. The molecule has 20 heavy (non-hydrogen) atoms. The molecule has 6 nitrogen and oxygen atoms in total. The molecule has 0 aliphatic carbocycles. The molecule has 0 aliphatic heterocycles. The molecular weight excluding hydrogens is 278 g/mol. The summed E-state index contributed by atoms with van der Waals surface area (Å²) in [5, 5.41) is 9.23. The monoisotopic (exact) mass is 297 g/mol. The lowest BCUT2D eigenvalue weighted by Gasteiger charge is -2.16. The van der Waals surface area contributed by atoms with Crippen LogP contribution in [0.2, 0.25) is 5.02 Å². The summed E-state index contributed by atoms with van der Waals surface area (Å²) in [4.78, 5) is 0. The molecule has 0 radical (unpaired) electrons. The summed E-state index contributed by atoms with van der Waals surface area (Å²) < 4.78 is 8.71. The highest BCUT2D eigenvalue weighted by Crippen LogP contribution is 2.29. The van der Waals surface area contributed by atoms with Gasteiger partial charge in [0.15, 0.2) is 0 Å². The van der Waals surface area contributed by atoms with E-state index in [1.54, 1.807) is 18.0 Å². The van der Waals surface area contributed by atoms with Crippen LogP contribution in [0.25, 0.3) is 0 Å². The quantitative estimate of drug-likeness (QED) is 0.909. The fraction of sp³-hybridized carbons (Fsp3) is 0.538. The van der Waals surface area contributed by atoms with Gasteiger partial charge in [0.2, 0.25) is 0 Å². The van der Waals surface area contributed by atoms with E-state index in [4.69, 9.17) is 22.1 Å². The number of methoxy groups -OCH3 is 1. The molecule has 2 N–H and O–H groups in total. The maximum atomic E-state index is 6.41. The van der Waals surface area contributed by atoms with Crippen LogP contribution in [0.4, 0.5) is 0 Å². The highest BCUT2D eigenvalue weighted by atomic mass is 35.5. The highest BCUT2D eigenvalue weighted by Gasteiger charge is 2.24. The first-order valence-electron chi connectivity index (χ1n) is 6.43. The Morgan fingerprint density at radius 2 is 2.15 bits per heavy atom. The van der Waals surface area contributed by atoms with Crippen LogP contribution in [0.5, 0.6) is 0 Å². The van der Waals surface area contributed by atoms with Crippen LogP contribution >= 0.6 is 11.6 Å². The highest BCUT2D eigenvalue weighted by molar-refractivity contribution is 6.31. The molecule has 0 spiro atoms. The van der Waals surface area contributed by atoms with E-state index in [-0.39, 0.29) is 6.04 Å². The Labute approximate surface area is 123 Å². The molecule has 0 aliphatic rings. The third-order valence-electron chi connectivity index (χ3n) is 3.51. The predicted molar refractivity (Wildman–Crippen MR) is 77.8 cm³/mol. The largest absolute Gasteiger partial charge is 0.383 e. The van der Waals surface area contributed by atoms with Crippen LogP contribution in [-0.4, -0.2) is 33.3 Å². The second-order valence-corrected chi connectivity index (χ2v) is 5.19. The third-order valence-corrected chi connectivity index (χ3v) is 3.80. The minimum absolute atomic E-state index is 0.351. The number of aryl methyl sites for hydroxylation is 2. The normalized spacial score (nSPS) is 12.9. The van der Waals surface area contributed by atoms with E-state index in [1.807, 2.05) is 25.6 Å². The number of halogens is 1. The van der Waals surface area contributed by atoms with Crippen molar-refractivity contribution in [3.63, 3.8) is 0 Å². The Bertz CT molecular complexity index is 604. The van der Waals surface area contributed by atoms with E-state index in [1.165, 1.54) is 0 Å². The minimum atomic E-state index is -0.351. The average molecular weight is 298 g/mol. The number of nitrogens with zero attached hydrogens (tertiary/aromatic N) is 4. The summed E-state index contributed by atoms with van der Waals surface area (Å²) in [6.07, 6.45) is 1.62. The summed E-state index contributed by atoms with van der Waals surface area (Å²) in [7, 11) is 3.56. The fourth-order valence-corrected chi connectivity index (χ4v) is 2.67. The van der Waals surface area contributed by atoms with Crippen molar-refractivity contribution in [1.29, 1.82) is 0 Å². The topological polar surface area (TPSA) is 70.9 Å². The second-order valence-electron chi connectivity index (χ2n) is 4.78. The molecule has 0 fully saturated rings. The second kappa shape index (κ2) is 5.95. The molecule has 2 rings (SSSR count). The molecule has 110 valence electrons. The lowest BCUT2D eigenvalue weighted by molar-refractivity contribution is 0.182. The van der Waals surface area contributed by atoms with Crippen molar-refractivity contribution in [2.45, 2.75) is 26.4 Å². The van der Waals surface area contributed by atoms with Gasteiger partial charge in [0.05, 0.1) is 41.8 Å². The fourth-order valence-electron chi connectivity index (χ4n) is 2.41. The molecule has 2 aromatic rings. The molecule has 2 aromatic heterocycles. The smallest absolute Gasteiger partial charge is 0.0837 e. The van der Waals surface area contributed by atoms with Crippen molar-refractivity contribution in [1.82, 2.24) is 19.6 Å². The summed E-state index contributed by atoms with van der Waals surface area (Å²) in [6.45, 7) is 5.12. The molecule has 0 saturated carbocycles. The van der Waals surface area contributed by atoms with Crippen LogP contribution in [0, 0.1) is 13.8 Å². The zero-order chi connectivity index (χ0) is 14.9. The van der Waals surface area contributed by atoms with Crippen LogP contribution in [-0.2, 0) is 18.3 Å². The van der Waals surface area contributed by atoms with E-state index < -0.39 is 0 Å². The zero-order valence-corrected chi connectivity index (χ0v) is 13.0. The molecule has 1 atom stereocenters. The Balaban J connectivity index is 2.42. The third kappa shape index (κ3) is 2.59. The van der Waals surface area contributed by atoms with E-state index >= 15 is 0 Å². The molecule has 1 unspecified atom stereocenters. The van der Waals surface area contributed by atoms with Crippen LogP contribution in [0.3, 0.4) is 0 Å². The van der Waals surface area contributed by atoms with Crippen molar-refractivity contribution >= 4 is 11.6 Å². The molecular formula is C13H20ClN5O. The molecule has 7 heteroatoms. The van der Waals surface area contributed by atoms with Crippen LogP contribution in [0.15, 0.2) is 6.20 Å². The zero-order valence-electron chi connectivity index (χ0n) is 12.2. The summed E-state index contributed by atoms with van der Waals surface area (Å²) in [6, 6.07) is -0.351. The van der Waals surface area contributed by atoms with Gasteiger partial charge in [-0.25, -0.2) is 0 Å². The Hall–Kier alpha value is -1.37. The van der Waals surface area contributed by atoms with Crippen molar-refractivity contribution in [3.8, 4) is 0 Å². The summed E-state index contributed by atoms with van der Waals surface area (Å²) >= 11 is 6.25. The van der Waals surface area contributed by atoms with Gasteiger partial charge in [0.25, 0.3) is 0 Å². The molecule has 0 saturated heterocycles. The first-order chi connectivity index (χ1) is 9.47. The maximum Gasteiger partial charge on any atom is 0.0837 e. The molecule has 2 heterocycles. The number of hydrogen-bond acceptors (Lipinski definition) is 4. The van der Waals surface area contributed by atoms with Crippen molar-refractivity contribution in [3.05, 3.63) is 33.9 Å². The first-order valence-corrected chi connectivity index (χ1v) is 6.81. The van der Waals surface area contributed by atoms with Crippen LogP contribution in [0.1, 0.15) is 28.7 Å². The number of aromatic nitrogens is 4. The predicted octanol–water partition coefficient (Wildman–Crippen LogP) is 1.58. The lowest BCUT2D eigenvalue weighted by Crippen LogP contribution is -2.20. The SMILES string of the molecule is COCCn1ncc(Cl)c1C(N)c1c(C)nn(C)c1C. The van der Waals surface area contributed by atoms with E-state index in [9.17, 15) is 0 Å². The number of hydrogen-bond donors (Lipinski definition) is 1. The lowest BCUT2D eigenvalue weighted by atomic mass is 10.0. The van der Waals surface area contributed by atoms with E-state index in [2.05, 4.69) is 10.2 Å². The van der Waals surface area contributed by atoms with Crippen molar-refractivity contribution in [2.24, 2.45) is 12.8 Å². The van der Waals surface area contributed by atoms with Gasteiger partial charge in [0, 0.05) is 25.4 Å². The average Bonchev–Trinajstić information content (AvgIpc) is 2.88. The van der Waals surface area contributed by atoms with Gasteiger partial charge in [-0.1, -0.05) is 11.6 Å². The van der Waals surface area contributed by atoms with Gasteiger partial charge in [0.1, 0.15) is 0 Å². The van der Waals surface area contributed by atoms with E-state index in [0.717, 1.165) is 22.6 Å². The Kier molecular flexibility index (Phi) is 4.47. The molecule has 0 aromatic carbocycles. The van der Waals surface area contributed by atoms with Gasteiger partial charge in [-0.05, 0) is 13.8 Å². The van der Waals surface area contributed by atoms with Gasteiger partial charge in [-0.15, -0.1) is 0 Å². The number of rotatable bonds is 5. The van der Waals surface area contributed by atoms with Crippen LogP contribution < -0.4 is 5.73 Å².